The minimum atomic E-state index is -1.22. The van der Waals surface area contributed by atoms with Gasteiger partial charge < -0.3 is 24.6 Å². The Balaban J connectivity index is 1.66. The maximum atomic E-state index is 13.0. The molecule has 0 bridgehead atoms. The molecule has 2 aromatic heterocycles. The summed E-state index contributed by atoms with van der Waals surface area (Å²) in [7, 11) is 0. The Labute approximate surface area is 223 Å². The second-order valence-corrected chi connectivity index (χ2v) is 12.8. The van der Waals surface area contributed by atoms with Crippen LogP contribution < -0.4 is 0 Å². The molecule has 4 heterocycles. The van der Waals surface area contributed by atoms with E-state index < -0.39 is 41.5 Å². The molecular formula is C25H33N3O7S2. The molecular weight excluding hydrogens is 518 g/mol. The summed E-state index contributed by atoms with van der Waals surface area (Å²) in [6.45, 7) is 9.75. The lowest BCUT2D eigenvalue weighted by atomic mass is 9.66. The van der Waals surface area contributed by atoms with Crippen LogP contribution in [-0.2, 0) is 19.1 Å². The van der Waals surface area contributed by atoms with Crippen LogP contribution in [0.5, 0.6) is 0 Å². The van der Waals surface area contributed by atoms with E-state index in [9.17, 15) is 24.6 Å². The molecule has 2 N–H and O–H groups in total. The number of amides is 1. The number of aromatic nitrogens is 2. The molecule has 4 rings (SSSR count). The number of β-lactam (4-membered cyclic amide) rings is 1. The maximum Gasteiger partial charge on any atom is 0.508 e. The number of thioether (sulfide) groups is 1. The summed E-state index contributed by atoms with van der Waals surface area (Å²) in [6.07, 6.45) is 4.58. The maximum absolute atomic E-state index is 13.0. The molecule has 2 aliphatic heterocycles. The number of aliphatic carboxylic acids is 1. The van der Waals surface area contributed by atoms with E-state index in [2.05, 4.69) is 4.98 Å². The van der Waals surface area contributed by atoms with Crippen molar-refractivity contribution in [2.45, 2.75) is 64.6 Å². The zero-order valence-corrected chi connectivity index (χ0v) is 23.4. The third-order valence-electron chi connectivity index (χ3n) is 7.10. The van der Waals surface area contributed by atoms with Gasteiger partial charge in [-0.3, -0.25) is 9.20 Å². The Morgan fingerprint density at radius 1 is 1.30 bits per heavy atom. The number of carbonyl (C=O) groups is 3. The molecule has 0 unspecified atom stereocenters. The molecule has 0 aromatic carbocycles. The first kappa shape index (κ1) is 27.5. The van der Waals surface area contributed by atoms with E-state index in [0.29, 0.717) is 16.9 Å². The molecule has 1 fully saturated rings. The third-order valence-corrected chi connectivity index (χ3v) is 9.04. The monoisotopic (exact) mass is 551 g/mol. The number of aliphatic hydroxyl groups is 1. The summed E-state index contributed by atoms with van der Waals surface area (Å²) in [4.78, 5) is 44.9. The van der Waals surface area contributed by atoms with E-state index in [-0.39, 0.29) is 30.7 Å². The van der Waals surface area contributed by atoms with E-state index in [0.717, 1.165) is 9.86 Å². The van der Waals surface area contributed by atoms with Crippen molar-refractivity contribution in [2.75, 3.05) is 19.5 Å². The fraction of sp³-hybridized carbons (Fsp3) is 0.600. The van der Waals surface area contributed by atoms with E-state index in [1.54, 1.807) is 6.33 Å². The van der Waals surface area contributed by atoms with Crippen LogP contribution in [0, 0.1) is 16.7 Å². The van der Waals surface area contributed by atoms with Gasteiger partial charge in [-0.15, -0.1) is 23.1 Å². The number of hydrogen-bond donors (Lipinski definition) is 2. The molecule has 0 radical (unpaired) electrons. The highest BCUT2D eigenvalue weighted by Gasteiger charge is 2.66. The average molecular weight is 552 g/mol. The fourth-order valence-corrected chi connectivity index (χ4v) is 7.15. The van der Waals surface area contributed by atoms with Crippen LogP contribution in [-0.4, -0.2) is 74.1 Å². The second kappa shape index (κ2) is 9.95. The minimum Gasteiger partial charge on any atom is -0.477 e. The number of rotatable bonds is 9. The van der Waals surface area contributed by atoms with E-state index in [1.807, 2.05) is 44.5 Å². The first-order chi connectivity index (χ1) is 17.3. The number of aliphatic hydroxyl groups excluding tert-OH is 1. The van der Waals surface area contributed by atoms with E-state index >= 15 is 0 Å². The molecule has 202 valence electrons. The largest absolute Gasteiger partial charge is 0.508 e. The molecule has 10 nitrogen and oxygen atoms in total. The van der Waals surface area contributed by atoms with Gasteiger partial charge in [0.05, 0.1) is 36.2 Å². The summed E-state index contributed by atoms with van der Waals surface area (Å²) in [5.41, 5.74) is -0.486. The van der Waals surface area contributed by atoms with Gasteiger partial charge in [-0.2, -0.15) is 0 Å². The van der Waals surface area contributed by atoms with Crippen molar-refractivity contribution in [3.63, 3.8) is 0 Å². The van der Waals surface area contributed by atoms with Gasteiger partial charge in [0.1, 0.15) is 21.9 Å². The van der Waals surface area contributed by atoms with Crippen LogP contribution >= 0.6 is 23.1 Å². The fourth-order valence-electron chi connectivity index (χ4n) is 5.19. The van der Waals surface area contributed by atoms with Crippen LogP contribution in [0.25, 0.3) is 10.4 Å². The number of fused-ring (bicyclic) bond motifs is 2. The molecule has 2 aromatic rings. The molecule has 12 heteroatoms. The van der Waals surface area contributed by atoms with Gasteiger partial charge in [-0.1, -0.05) is 27.7 Å². The summed E-state index contributed by atoms with van der Waals surface area (Å²) >= 11 is 2.89. The molecule has 0 aliphatic carbocycles. The molecule has 1 saturated heterocycles. The smallest absolute Gasteiger partial charge is 0.477 e. The number of carboxylic acids is 1. The van der Waals surface area contributed by atoms with Crippen molar-refractivity contribution in [3.05, 3.63) is 23.1 Å². The number of ether oxygens (including phenoxy) is 2. The Kier molecular flexibility index (Phi) is 7.39. The van der Waals surface area contributed by atoms with Crippen LogP contribution in [0.4, 0.5) is 4.79 Å². The number of hydrogen-bond acceptors (Lipinski definition) is 9. The van der Waals surface area contributed by atoms with Crippen LogP contribution in [0.1, 0.15) is 52.3 Å². The van der Waals surface area contributed by atoms with Crippen molar-refractivity contribution in [1.29, 1.82) is 0 Å². The Bertz CT molecular complexity index is 1260. The van der Waals surface area contributed by atoms with Crippen molar-refractivity contribution in [2.24, 2.45) is 16.7 Å². The number of carboxylic acid groups (broad SMARTS) is 1. The Hall–Kier alpha value is -2.57. The number of carbonyl (C=O) groups excluding carboxylic acids is 2. The minimum absolute atomic E-state index is 0.0119. The first-order valence-corrected chi connectivity index (χ1v) is 14.1. The SMILES string of the molecule is CSc1ncn2cc(C3=C(C(=O)O)N4C(=O)[C@H]([C@@H](C)O)[C@@H]4[C@@]3(C)CCOC(=O)OCCC(C)(C)C)sc12. The molecule has 0 spiro atoms. The zero-order chi connectivity index (χ0) is 27.3. The van der Waals surface area contributed by atoms with Crippen molar-refractivity contribution >= 4 is 51.5 Å². The molecule has 4 atom stereocenters. The Morgan fingerprint density at radius 3 is 2.57 bits per heavy atom. The zero-order valence-electron chi connectivity index (χ0n) is 21.8. The van der Waals surface area contributed by atoms with Gasteiger partial charge in [-0.25, -0.2) is 14.6 Å². The van der Waals surface area contributed by atoms with Crippen molar-refractivity contribution in [3.8, 4) is 0 Å². The van der Waals surface area contributed by atoms with Crippen LogP contribution in [0.2, 0.25) is 0 Å². The predicted octanol–water partition coefficient (Wildman–Crippen LogP) is 4.12. The van der Waals surface area contributed by atoms with Gasteiger partial charge in [0.2, 0.25) is 5.91 Å². The topological polar surface area (TPSA) is 131 Å². The summed E-state index contributed by atoms with van der Waals surface area (Å²) in [6, 6.07) is -0.582. The first-order valence-electron chi connectivity index (χ1n) is 12.1. The third kappa shape index (κ3) is 4.86. The lowest BCUT2D eigenvalue weighted by Gasteiger charge is -2.50. The molecule has 1 amide bonds. The number of thiazole rings is 1. The van der Waals surface area contributed by atoms with Gasteiger partial charge >= 0.3 is 12.1 Å². The van der Waals surface area contributed by atoms with Gasteiger partial charge in [-0.05, 0) is 31.4 Å². The summed E-state index contributed by atoms with van der Waals surface area (Å²) in [5.74, 6) is -2.40. The Morgan fingerprint density at radius 2 is 1.97 bits per heavy atom. The highest BCUT2D eigenvalue weighted by atomic mass is 32.2. The lowest BCUT2D eigenvalue weighted by molar-refractivity contribution is -0.167. The van der Waals surface area contributed by atoms with Crippen LogP contribution in [0.15, 0.2) is 23.2 Å². The number of imidazole rings is 1. The second-order valence-electron chi connectivity index (χ2n) is 10.9. The van der Waals surface area contributed by atoms with Gasteiger partial charge in [0.15, 0.2) is 0 Å². The van der Waals surface area contributed by atoms with Gasteiger partial charge in [0.25, 0.3) is 0 Å². The van der Waals surface area contributed by atoms with Crippen molar-refractivity contribution < 1.29 is 34.1 Å². The summed E-state index contributed by atoms with van der Waals surface area (Å²) < 4.78 is 12.4. The standard InChI is InChI=1S/C25H33N3O7S2/c1-13(29)15-18-25(5,8-10-35-23(33)34-9-7-24(2,3)4)16(17(22(31)32)28(18)20(15)30)14-11-27-12-26-19(36-6)21(27)37-14/h11-13,15,18,29H,7-10H2,1-6H3,(H,31,32)/t13-,15-,18-,25+/m1/s1. The van der Waals surface area contributed by atoms with E-state index in [4.69, 9.17) is 9.47 Å². The molecule has 0 saturated carbocycles. The molecule has 2 aliphatic rings. The van der Waals surface area contributed by atoms with Gasteiger partial charge in [0, 0.05) is 17.2 Å². The molecule has 37 heavy (non-hydrogen) atoms. The van der Waals surface area contributed by atoms with Crippen LogP contribution in [0.3, 0.4) is 0 Å². The van der Waals surface area contributed by atoms with Crippen molar-refractivity contribution in [1.82, 2.24) is 14.3 Å². The highest BCUT2D eigenvalue weighted by molar-refractivity contribution is 7.98. The lowest BCUT2D eigenvalue weighted by Crippen LogP contribution is -2.66. The van der Waals surface area contributed by atoms with E-state index in [1.165, 1.54) is 34.9 Å². The highest BCUT2D eigenvalue weighted by Crippen LogP contribution is 2.60. The normalized spacial score (nSPS) is 24.3. The number of nitrogens with zero attached hydrogens (tertiary/aromatic N) is 3. The summed E-state index contributed by atoms with van der Waals surface area (Å²) in [5, 5.41) is 21.4. The predicted molar refractivity (Wildman–Crippen MR) is 139 cm³/mol. The average Bonchev–Trinajstić information content (AvgIpc) is 3.41. The quantitative estimate of drug-likeness (QED) is 0.268.